The third kappa shape index (κ3) is 3.13. The minimum Gasteiger partial charge on any atom is -0.497 e. The molecule has 0 radical (unpaired) electrons. The van der Waals surface area contributed by atoms with Crippen molar-refractivity contribution in [3.05, 3.63) is 65.2 Å². The standard InChI is InChI=1S/C16H14O2/c1-18-16-4-2-3-14(11-16)8-5-13-6-9-15(12-17)10-7-13/h2-4,6-7,9-11,17H,12H2,1H3. The zero-order chi connectivity index (χ0) is 12.8. The van der Waals surface area contributed by atoms with Crippen LogP contribution in [0.15, 0.2) is 48.5 Å². The summed E-state index contributed by atoms with van der Waals surface area (Å²) in [5.74, 6) is 6.96. The van der Waals surface area contributed by atoms with E-state index >= 15 is 0 Å². The Labute approximate surface area is 107 Å². The molecule has 90 valence electrons. The van der Waals surface area contributed by atoms with Crippen LogP contribution in [0.4, 0.5) is 0 Å². The summed E-state index contributed by atoms with van der Waals surface area (Å²) in [5.41, 5.74) is 2.73. The van der Waals surface area contributed by atoms with Crippen LogP contribution in [0, 0.1) is 11.8 Å². The van der Waals surface area contributed by atoms with Gasteiger partial charge in [-0.15, -0.1) is 0 Å². The van der Waals surface area contributed by atoms with E-state index in [0.717, 1.165) is 22.4 Å². The maximum Gasteiger partial charge on any atom is 0.120 e. The maximum absolute atomic E-state index is 8.94. The van der Waals surface area contributed by atoms with Crippen molar-refractivity contribution in [1.29, 1.82) is 0 Å². The summed E-state index contributed by atoms with van der Waals surface area (Å²) in [6, 6.07) is 15.2. The van der Waals surface area contributed by atoms with E-state index in [1.165, 1.54) is 0 Å². The average molecular weight is 238 g/mol. The lowest BCUT2D eigenvalue weighted by atomic mass is 10.1. The molecule has 2 aromatic rings. The van der Waals surface area contributed by atoms with Gasteiger partial charge < -0.3 is 9.84 Å². The van der Waals surface area contributed by atoms with Crippen LogP contribution in [0.2, 0.25) is 0 Å². The van der Waals surface area contributed by atoms with Crippen LogP contribution in [0.5, 0.6) is 5.75 Å². The summed E-state index contributed by atoms with van der Waals surface area (Å²) < 4.78 is 5.14. The van der Waals surface area contributed by atoms with Crippen molar-refractivity contribution < 1.29 is 9.84 Å². The zero-order valence-electron chi connectivity index (χ0n) is 10.2. The molecule has 2 heteroatoms. The monoisotopic (exact) mass is 238 g/mol. The third-order valence-corrected chi connectivity index (χ3v) is 2.56. The Balaban J connectivity index is 2.19. The van der Waals surface area contributed by atoms with Crippen molar-refractivity contribution in [3.8, 4) is 17.6 Å². The van der Waals surface area contributed by atoms with Crippen molar-refractivity contribution in [2.24, 2.45) is 0 Å². The van der Waals surface area contributed by atoms with Crippen molar-refractivity contribution >= 4 is 0 Å². The third-order valence-electron chi connectivity index (χ3n) is 2.56. The lowest BCUT2D eigenvalue weighted by molar-refractivity contribution is 0.282. The van der Waals surface area contributed by atoms with E-state index in [0.29, 0.717) is 0 Å². The van der Waals surface area contributed by atoms with Crippen molar-refractivity contribution in [2.45, 2.75) is 6.61 Å². The predicted octanol–water partition coefficient (Wildman–Crippen LogP) is 2.59. The zero-order valence-corrected chi connectivity index (χ0v) is 10.2. The van der Waals surface area contributed by atoms with Gasteiger partial charge in [0.2, 0.25) is 0 Å². The van der Waals surface area contributed by atoms with Gasteiger partial charge in [0.05, 0.1) is 13.7 Å². The number of methoxy groups -OCH3 is 1. The van der Waals surface area contributed by atoms with Crippen LogP contribution >= 0.6 is 0 Å². The van der Waals surface area contributed by atoms with Crippen LogP contribution < -0.4 is 4.74 Å². The van der Waals surface area contributed by atoms with Crippen LogP contribution in [-0.4, -0.2) is 12.2 Å². The molecule has 0 saturated carbocycles. The molecule has 18 heavy (non-hydrogen) atoms. The Hall–Kier alpha value is -2.24. The first kappa shape index (κ1) is 12.2. The Bertz CT molecular complexity index is 574. The topological polar surface area (TPSA) is 29.5 Å². The molecule has 0 aliphatic carbocycles. The maximum atomic E-state index is 8.94. The highest BCUT2D eigenvalue weighted by Gasteiger charge is 1.92. The fraction of sp³-hybridized carbons (Fsp3) is 0.125. The molecule has 0 aliphatic heterocycles. The molecule has 2 aromatic carbocycles. The quantitative estimate of drug-likeness (QED) is 0.815. The van der Waals surface area contributed by atoms with E-state index in [1.54, 1.807) is 7.11 Å². The predicted molar refractivity (Wildman–Crippen MR) is 71.3 cm³/mol. The second-order valence-electron chi connectivity index (χ2n) is 3.84. The molecule has 0 unspecified atom stereocenters. The number of aliphatic hydroxyl groups is 1. The summed E-state index contributed by atoms with van der Waals surface area (Å²) in [6.45, 7) is 0.0591. The van der Waals surface area contributed by atoms with Crippen LogP contribution in [0.25, 0.3) is 0 Å². The number of rotatable bonds is 2. The molecule has 0 heterocycles. The number of benzene rings is 2. The normalized spacial score (nSPS) is 9.44. The molecule has 0 fully saturated rings. The molecule has 1 N–H and O–H groups in total. The van der Waals surface area contributed by atoms with Gasteiger partial charge in [-0.1, -0.05) is 30.0 Å². The van der Waals surface area contributed by atoms with E-state index in [9.17, 15) is 0 Å². The molecule has 0 amide bonds. The van der Waals surface area contributed by atoms with Gasteiger partial charge in [-0.3, -0.25) is 0 Å². The van der Waals surface area contributed by atoms with Crippen LogP contribution in [-0.2, 0) is 6.61 Å². The second kappa shape index (κ2) is 5.90. The van der Waals surface area contributed by atoms with Crippen molar-refractivity contribution in [3.63, 3.8) is 0 Å². The Morgan fingerprint density at radius 2 is 1.72 bits per heavy atom. The van der Waals surface area contributed by atoms with Gasteiger partial charge in [-0.2, -0.15) is 0 Å². The molecule has 0 aromatic heterocycles. The van der Waals surface area contributed by atoms with Gasteiger partial charge in [0.25, 0.3) is 0 Å². The van der Waals surface area contributed by atoms with E-state index in [1.807, 2.05) is 48.5 Å². The highest BCUT2D eigenvalue weighted by Crippen LogP contribution is 2.11. The van der Waals surface area contributed by atoms with E-state index in [4.69, 9.17) is 9.84 Å². The van der Waals surface area contributed by atoms with Crippen LogP contribution in [0.3, 0.4) is 0 Å². The fourth-order valence-electron chi connectivity index (χ4n) is 1.54. The molecule has 0 saturated heterocycles. The molecular formula is C16H14O2. The van der Waals surface area contributed by atoms with Gasteiger partial charge in [0, 0.05) is 11.1 Å². The smallest absolute Gasteiger partial charge is 0.120 e. The van der Waals surface area contributed by atoms with E-state index in [2.05, 4.69) is 11.8 Å². The average Bonchev–Trinajstić information content (AvgIpc) is 2.46. The summed E-state index contributed by atoms with van der Waals surface area (Å²) in [7, 11) is 1.64. The Morgan fingerprint density at radius 1 is 1.00 bits per heavy atom. The Kier molecular flexibility index (Phi) is 4.01. The van der Waals surface area contributed by atoms with Gasteiger partial charge in [-0.05, 0) is 35.9 Å². The van der Waals surface area contributed by atoms with Gasteiger partial charge in [0.1, 0.15) is 5.75 Å². The number of hydrogen-bond donors (Lipinski definition) is 1. The van der Waals surface area contributed by atoms with Gasteiger partial charge in [0.15, 0.2) is 0 Å². The minimum atomic E-state index is 0.0591. The van der Waals surface area contributed by atoms with Gasteiger partial charge >= 0.3 is 0 Å². The van der Waals surface area contributed by atoms with Crippen LogP contribution in [0.1, 0.15) is 16.7 Å². The summed E-state index contributed by atoms with van der Waals surface area (Å²) in [4.78, 5) is 0. The SMILES string of the molecule is COc1cccc(C#Cc2ccc(CO)cc2)c1. The molecule has 0 bridgehead atoms. The Morgan fingerprint density at radius 3 is 2.39 bits per heavy atom. The largest absolute Gasteiger partial charge is 0.497 e. The molecule has 2 rings (SSSR count). The fourth-order valence-corrected chi connectivity index (χ4v) is 1.54. The molecule has 2 nitrogen and oxygen atoms in total. The molecule has 0 atom stereocenters. The highest BCUT2D eigenvalue weighted by atomic mass is 16.5. The summed E-state index contributed by atoms with van der Waals surface area (Å²) in [5, 5.41) is 8.94. The van der Waals surface area contributed by atoms with Crippen molar-refractivity contribution in [1.82, 2.24) is 0 Å². The first-order valence-electron chi connectivity index (χ1n) is 5.67. The lowest BCUT2D eigenvalue weighted by Crippen LogP contribution is -1.84. The number of aliphatic hydroxyl groups excluding tert-OH is 1. The highest BCUT2D eigenvalue weighted by molar-refractivity contribution is 5.45. The second-order valence-corrected chi connectivity index (χ2v) is 3.84. The molecule has 0 spiro atoms. The number of hydrogen-bond acceptors (Lipinski definition) is 2. The number of ether oxygens (including phenoxy) is 1. The molecule has 0 aliphatic rings. The summed E-state index contributed by atoms with van der Waals surface area (Å²) >= 11 is 0. The van der Waals surface area contributed by atoms with E-state index in [-0.39, 0.29) is 6.61 Å². The van der Waals surface area contributed by atoms with Crippen molar-refractivity contribution in [2.75, 3.05) is 7.11 Å². The minimum absolute atomic E-state index is 0.0591. The first-order valence-corrected chi connectivity index (χ1v) is 5.67. The van der Waals surface area contributed by atoms with E-state index < -0.39 is 0 Å². The van der Waals surface area contributed by atoms with Gasteiger partial charge in [-0.25, -0.2) is 0 Å². The summed E-state index contributed by atoms with van der Waals surface area (Å²) in [6.07, 6.45) is 0. The molecular weight excluding hydrogens is 224 g/mol. The first-order chi connectivity index (χ1) is 8.81. The lowest BCUT2D eigenvalue weighted by Gasteiger charge is -1.98.